The van der Waals surface area contributed by atoms with Gasteiger partial charge >= 0.3 is 0 Å². The van der Waals surface area contributed by atoms with Gasteiger partial charge < -0.3 is 14.6 Å². The van der Waals surface area contributed by atoms with Crippen LogP contribution in [0.25, 0.3) is 0 Å². The van der Waals surface area contributed by atoms with Gasteiger partial charge in [0.05, 0.1) is 25.3 Å². The summed E-state index contributed by atoms with van der Waals surface area (Å²) in [5.41, 5.74) is 0. The molecule has 1 aliphatic heterocycles. The molecular formula is C11H19N3O. The van der Waals surface area contributed by atoms with Crippen LogP contribution >= 0.6 is 0 Å². The first kappa shape index (κ1) is 10.6. The highest BCUT2D eigenvalue weighted by Gasteiger charge is 2.22. The van der Waals surface area contributed by atoms with Crippen LogP contribution in [0.4, 0.5) is 0 Å². The van der Waals surface area contributed by atoms with E-state index >= 15 is 0 Å². The van der Waals surface area contributed by atoms with E-state index in [1.54, 1.807) is 0 Å². The maximum absolute atomic E-state index is 5.80. The van der Waals surface area contributed by atoms with Crippen LogP contribution in [0.5, 0.6) is 0 Å². The van der Waals surface area contributed by atoms with E-state index in [0.29, 0.717) is 12.2 Å². The normalized spacial score (nSPS) is 26.0. The maximum Gasteiger partial charge on any atom is 0.122 e. The van der Waals surface area contributed by atoms with Crippen LogP contribution in [-0.4, -0.2) is 28.8 Å². The molecule has 0 spiro atoms. The van der Waals surface area contributed by atoms with Gasteiger partial charge in [0.25, 0.3) is 0 Å². The molecule has 2 atom stereocenters. The Balaban J connectivity index is 1.95. The monoisotopic (exact) mass is 209 g/mol. The van der Waals surface area contributed by atoms with E-state index in [1.807, 2.05) is 19.4 Å². The Kier molecular flexibility index (Phi) is 3.38. The van der Waals surface area contributed by atoms with Crippen LogP contribution in [0.1, 0.15) is 25.6 Å². The number of nitrogens with one attached hydrogen (secondary N) is 1. The molecule has 0 bridgehead atoms. The molecule has 1 saturated heterocycles. The van der Waals surface area contributed by atoms with Crippen molar-refractivity contribution >= 4 is 0 Å². The van der Waals surface area contributed by atoms with Crippen molar-refractivity contribution in [2.24, 2.45) is 0 Å². The molecule has 0 saturated carbocycles. The summed E-state index contributed by atoms with van der Waals surface area (Å²) in [5, 5.41) is 3.12. The van der Waals surface area contributed by atoms with E-state index in [-0.39, 0.29) is 0 Å². The predicted octanol–water partition coefficient (Wildman–Crippen LogP) is 1.17. The van der Waals surface area contributed by atoms with E-state index in [2.05, 4.69) is 21.8 Å². The molecule has 2 rings (SSSR count). The van der Waals surface area contributed by atoms with Gasteiger partial charge in [-0.25, -0.2) is 4.98 Å². The second-order valence-corrected chi connectivity index (χ2v) is 4.17. The average molecular weight is 209 g/mol. The first-order chi connectivity index (χ1) is 7.29. The SMILES string of the molecule is CNCc1nccn1CC1CCC(C)O1. The third-order valence-corrected chi connectivity index (χ3v) is 2.86. The molecule has 4 heteroatoms. The Morgan fingerprint density at radius 2 is 2.47 bits per heavy atom. The highest BCUT2D eigenvalue weighted by Crippen LogP contribution is 2.20. The third-order valence-electron chi connectivity index (χ3n) is 2.86. The summed E-state index contributed by atoms with van der Waals surface area (Å²) in [6.45, 7) is 3.89. The molecule has 0 amide bonds. The number of rotatable bonds is 4. The van der Waals surface area contributed by atoms with Crippen molar-refractivity contribution in [2.45, 2.75) is 45.1 Å². The first-order valence-corrected chi connectivity index (χ1v) is 5.59. The van der Waals surface area contributed by atoms with Gasteiger partial charge in [0.15, 0.2) is 0 Å². The third kappa shape index (κ3) is 2.58. The van der Waals surface area contributed by atoms with Gasteiger partial charge in [0.2, 0.25) is 0 Å². The van der Waals surface area contributed by atoms with E-state index in [4.69, 9.17) is 4.74 Å². The molecule has 1 aromatic heterocycles. The quantitative estimate of drug-likeness (QED) is 0.809. The van der Waals surface area contributed by atoms with Crippen molar-refractivity contribution in [3.05, 3.63) is 18.2 Å². The van der Waals surface area contributed by atoms with Crippen molar-refractivity contribution in [1.82, 2.24) is 14.9 Å². The number of nitrogens with zero attached hydrogens (tertiary/aromatic N) is 2. The molecular weight excluding hydrogens is 190 g/mol. The van der Waals surface area contributed by atoms with Gasteiger partial charge in [-0.1, -0.05) is 0 Å². The lowest BCUT2D eigenvalue weighted by molar-refractivity contribution is 0.0452. The molecule has 1 N–H and O–H groups in total. The Bertz CT molecular complexity index is 311. The number of aromatic nitrogens is 2. The largest absolute Gasteiger partial charge is 0.373 e. The summed E-state index contributed by atoms with van der Waals surface area (Å²) in [4.78, 5) is 4.31. The van der Waals surface area contributed by atoms with E-state index in [9.17, 15) is 0 Å². The minimum absolute atomic E-state index is 0.366. The molecule has 2 heterocycles. The van der Waals surface area contributed by atoms with Gasteiger partial charge in [-0.15, -0.1) is 0 Å². The number of ether oxygens (including phenoxy) is 1. The average Bonchev–Trinajstić information content (AvgIpc) is 2.78. The molecule has 1 aromatic rings. The van der Waals surface area contributed by atoms with Crippen LogP contribution in [-0.2, 0) is 17.8 Å². The van der Waals surface area contributed by atoms with Crippen LogP contribution < -0.4 is 5.32 Å². The Hall–Kier alpha value is -0.870. The highest BCUT2D eigenvalue weighted by molar-refractivity contribution is 4.92. The fraction of sp³-hybridized carbons (Fsp3) is 0.727. The number of hydrogen-bond donors (Lipinski definition) is 1. The maximum atomic E-state index is 5.80. The Morgan fingerprint density at radius 3 is 3.13 bits per heavy atom. The van der Waals surface area contributed by atoms with Gasteiger partial charge in [0, 0.05) is 12.4 Å². The standard InChI is InChI=1S/C11H19N3O/c1-9-3-4-10(15-9)8-14-6-5-13-11(14)7-12-2/h5-6,9-10,12H,3-4,7-8H2,1-2H3. The second kappa shape index (κ2) is 4.77. The smallest absolute Gasteiger partial charge is 0.122 e. The molecule has 0 aliphatic carbocycles. The zero-order chi connectivity index (χ0) is 10.7. The Labute approximate surface area is 90.6 Å². The minimum Gasteiger partial charge on any atom is -0.373 e. The van der Waals surface area contributed by atoms with Crippen LogP contribution in [0.3, 0.4) is 0 Å². The van der Waals surface area contributed by atoms with Crippen LogP contribution in [0, 0.1) is 0 Å². The summed E-state index contributed by atoms with van der Waals surface area (Å²) in [6.07, 6.45) is 7.01. The van der Waals surface area contributed by atoms with Gasteiger partial charge in [-0.3, -0.25) is 0 Å². The zero-order valence-corrected chi connectivity index (χ0v) is 9.44. The molecule has 0 aromatic carbocycles. The zero-order valence-electron chi connectivity index (χ0n) is 9.44. The molecule has 4 nitrogen and oxygen atoms in total. The molecule has 1 aliphatic rings. The summed E-state index contributed by atoms with van der Waals surface area (Å²) in [7, 11) is 1.94. The van der Waals surface area contributed by atoms with Crippen LogP contribution in [0.15, 0.2) is 12.4 Å². The van der Waals surface area contributed by atoms with Crippen molar-refractivity contribution < 1.29 is 4.74 Å². The van der Waals surface area contributed by atoms with Gasteiger partial charge in [-0.05, 0) is 26.8 Å². The first-order valence-electron chi connectivity index (χ1n) is 5.59. The molecule has 2 unspecified atom stereocenters. The number of hydrogen-bond acceptors (Lipinski definition) is 3. The molecule has 1 fully saturated rings. The topological polar surface area (TPSA) is 39.1 Å². The fourth-order valence-corrected chi connectivity index (χ4v) is 2.07. The van der Waals surface area contributed by atoms with Crippen molar-refractivity contribution in [2.75, 3.05) is 7.05 Å². The van der Waals surface area contributed by atoms with Gasteiger partial charge in [-0.2, -0.15) is 0 Å². The highest BCUT2D eigenvalue weighted by atomic mass is 16.5. The summed E-state index contributed by atoms with van der Waals surface area (Å²) in [6, 6.07) is 0. The summed E-state index contributed by atoms with van der Waals surface area (Å²) in [5.74, 6) is 1.08. The molecule has 15 heavy (non-hydrogen) atoms. The van der Waals surface area contributed by atoms with Gasteiger partial charge in [0.1, 0.15) is 5.82 Å². The molecule has 84 valence electrons. The van der Waals surface area contributed by atoms with Crippen molar-refractivity contribution in [3.63, 3.8) is 0 Å². The fourth-order valence-electron chi connectivity index (χ4n) is 2.07. The van der Waals surface area contributed by atoms with Crippen molar-refractivity contribution in [3.8, 4) is 0 Å². The lowest BCUT2D eigenvalue weighted by Crippen LogP contribution is -2.19. The second-order valence-electron chi connectivity index (χ2n) is 4.17. The predicted molar refractivity (Wildman–Crippen MR) is 58.6 cm³/mol. The van der Waals surface area contributed by atoms with E-state index in [1.165, 1.54) is 12.8 Å². The van der Waals surface area contributed by atoms with E-state index < -0.39 is 0 Å². The van der Waals surface area contributed by atoms with Crippen LogP contribution in [0.2, 0.25) is 0 Å². The van der Waals surface area contributed by atoms with Crippen molar-refractivity contribution in [1.29, 1.82) is 0 Å². The lowest BCUT2D eigenvalue weighted by Gasteiger charge is -2.13. The number of imidazole rings is 1. The lowest BCUT2D eigenvalue weighted by atomic mass is 10.2. The van der Waals surface area contributed by atoms with E-state index in [0.717, 1.165) is 18.9 Å². The minimum atomic E-state index is 0.366. The summed E-state index contributed by atoms with van der Waals surface area (Å²) >= 11 is 0. The molecule has 0 radical (unpaired) electrons. The summed E-state index contributed by atoms with van der Waals surface area (Å²) < 4.78 is 7.98. The Morgan fingerprint density at radius 1 is 1.60 bits per heavy atom.